The van der Waals surface area contributed by atoms with Gasteiger partial charge in [0.1, 0.15) is 5.75 Å². The summed E-state index contributed by atoms with van der Waals surface area (Å²) in [5.41, 5.74) is 0.895. The minimum Gasteiger partial charge on any atom is -0.494 e. The van der Waals surface area contributed by atoms with Crippen molar-refractivity contribution in [3.63, 3.8) is 0 Å². The van der Waals surface area contributed by atoms with E-state index in [4.69, 9.17) is 18.9 Å². The van der Waals surface area contributed by atoms with Crippen molar-refractivity contribution in [2.45, 2.75) is 26.2 Å². The van der Waals surface area contributed by atoms with Crippen LogP contribution in [0.4, 0.5) is 5.69 Å². The second-order valence-corrected chi connectivity index (χ2v) is 6.27. The summed E-state index contributed by atoms with van der Waals surface area (Å²) in [7, 11) is 0. The number of rotatable bonds is 9. The number of anilines is 1. The van der Waals surface area contributed by atoms with Gasteiger partial charge in [0.05, 0.1) is 12.2 Å². The molecule has 1 aliphatic heterocycles. The zero-order valence-corrected chi connectivity index (χ0v) is 15.7. The van der Waals surface area contributed by atoms with Crippen molar-refractivity contribution in [2.24, 2.45) is 0 Å². The summed E-state index contributed by atoms with van der Waals surface area (Å²) in [6.45, 7) is 2.56. The van der Waals surface area contributed by atoms with Crippen molar-refractivity contribution in [2.75, 3.05) is 25.3 Å². The molecule has 0 saturated carbocycles. The molecule has 0 bridgehead atoms. The van der Waals surface area contributed by atoms with Gasteiger partial charge in [-0.25, -0.2) is 4.79 Å². The first-order valence-electron chi connectivity index (χ1n) is 9.25. The van der Waals surface area contributed by atoms with Crippen LogP contribution in [-0.2, 0) is 9.53 Å². The highest BCUT2D eigenvalue weighted by atomic mass is 16.7. The Kier molecular flexibility index (Phi) is 6.73. The molecule has 0 aliphatic carbocycles. The lowest BCUT2D eigenvalue weighted by Gasteiger charge is -2.08. The fourth-order valence-corrected chi connectivity index (χ4v) is 2.62. The molecule has 1 amide bonds. The highest BCUT2D eigenvalue weighted by Gasteiger charge is 2.15. The normalized spacial score (nSPS) is 11.8. The Morgan fingerprint density at radius 3 is 2.61 bits per heavy atom. The summed E-state index contributed by atoms with van der Waals surface area (Å²) in [5.74, 6) is 0.878. The Labute approximate surface area is 163 Å². The molecule has 0 radical (unpaired) electrons. The minimum atomic E-state index is -0.571. The number of unbranched alkanes of at least 4 members (excludes halogenated alkanes) is 2. The van der Waals surface area contributed by atoms with E-state index in [0.29, 0.717) is 35.1 Å². The number of ether oxygens (including phenoxy) is 4. The Balaban J connectivity index is 1.43. The van der Waals surface area contributed by atoms with Crippen LogP contribution in [0.3, 0.4) is 0 Å². The molecule has 1 aliphatic rings. The summed E-state index contributed by atoms with van der Waals surface area (Å²) in [5, 5.41) is 2.65. The molecule has 0 fully saturated rings. The number of benzene rings is 2. The lowest BCUT2D eigenvalue weighted by atomic mass is 10.2. The second-order valence-electron chi connectivity index (χ2n) is 6.27. The van der Waals surface area contributed by atoms with Crippen LogP contribution >= 0.6 is 0 Å². The predicted molar refractivity (Wildman–Crippen MR) is 103 cm³/mol. The second kappa shape index (κ2) is 9.64. The van der Waals surface area contributed by atoms with E-state index in [1.807, 2.05) is 0 Å². The van der Waals surface area contributed by atoms with Gasteiger partial charge in [-0.1, -0.05) is 19.8 Å². The Morgan fingerprint density at radius 2 is 1.82 bits per heavy atom. The van der Waals surface area contributed by atoms with Gasteiger partial charge in [0.15, 0.2) is 18.1 Å². The molecule has 0 saturated heterocycles. The largest absolute Gasteiger partial charge is 0.494 e. The van der Waals surface area contributed by atoms with Crippen LogP contribution in [0.2, 0.25) is 0 Å². The quantitative estimate of drug-likeness (QED) is 0.522. The minimum absolute atomic E-state index is 0.160. The standard InChI is InChI=1S/C21H23NO6/c1-2-3-4-11-25-17-8-5-15(6-9-17)21(24)26-13-20(23)22-16-7-10-18-19(12-16)28-14-27-18/h5-10,12H,2-4,11,13-14H2,1H3,(H,22,23). The van der Waals surface area contributed by atoms with Gasteiger partial charge in [0.25, 0.3) is 5.91 Å². The third kappa shape index (κ3) is 5.39. The van der Waals surface area contributed by atoms with Gasteiger partial charge in [-0.05, 0) is 42.8 Å². The summed E-state index contributed by atoms with van der Waals surface area (Å²) < 4.78 is 21.1. The zero-order valence-electron chi connectivity index (χ0n) is 15.7. The van der Waals surface area contributed by atoms with Crippen molar-refractivity contribution in [1.82, 2.24) is 0 Å². The first-order chi connectivity index (χ1) is 13.7. The molecule has 7 heteroatoms. The molecular weight excluding hydrogens is 362 g/mol. The average Bonchev–Trinajstić information content (AvgIpc) is 3.18. The van der Waals surface area contributed by atoms with Crippen molar-refractivity contribution in [1.29, 1.82) is 0 Å². The molecule has 3 rings (SSSR count). The topological polar surface area (TPSA) is 83.1 Å². The first-order valence-corrected chi connectivity index (χ1v) is 9.25. The van der Waals surface area contributed by atoms with Gasteiger partial charge < -0.3 is 24.3 Å². The number of hydrogen-bond acceptors (Lipinski definition) is 6. The van der Waals surface area contributed by atoms with Crippen LogP contribution in [0.5, 0.6) is 17.2 Å². The fraction of sp³-hybridized carbons (Fsp3) is 0.333. The first kappa shape index (κ1) is 19.5. The molecule has 0 atom stereocenters. The number of amides is 1. The maximum atomic E-state index is 12.1. The lowest BCUT2D eigenvalue weighted by molar-refractivity contribution is -0.119. The molecule has 0 spiro atoms. The lowest BCUT2D eigenvalue weighted by Crippen LogP contribution is -2.20. The zero-order chi connectivity index (χ0) is 19.8. The van der Waals surface area contributed by atoms with Crippen molar-refractivity contribution in [3.05, 3.63) is 48.0 Å². The molecule has 0 aromatic heterocycles. The highest BCUT2D eigenvalue weighted by Crippen LogP contribution is 2.34. The van der Waals surface area contributed by atoms with Gasteiger partial charge in [-0.2, -0.15) is 0 Å². The molecule has 0 unspecified atom stereocenters. The number of carbonyl (C=O) groups excluding carboxylic acids is 2. The number of fused-ring (bicyclic) bond motifs is 1. The Hall–Kier alpha value is -3.22. The van der Waals surface area contributed by atoms with E-state index >= 15 is 0 Å². The van der Waals surface area contributed by atoms with Crippen molar-refractivity contribution in [3.8, 4) is 17.2 Å². The SMILES string of the molecule is CCCCCOc1ccc(C(=O)OCC(=O)Nc2ccc3c(c2)OCO3)cc1. The maximum absolute atomic E-state index is 12.1. The molecule has 28 heavy (non-hydrogen) atoms. The third-order valence-corrected chi connectivity index (χ3v) is 4.10. The van der Waals surface area contributed by atoms with Gasteiger partial charge in [-0.15, -0.1) is 0 Å². The van der Waals surface area contributed by atoms with E-state index in [2.05, 4.69) is 12.2 Å². The maximum Gasteiger partial charge on any atom is 0.338 e. The number of carbonyl (C=O) groups is 2. The summed E-state index contributed by atoms with van der Waals surface area (Å²) >= 11 is 0. The average molecular weight is 385 g/mol. The summed E-state index contributed by atoms with van der Waals surface area (Å²) in [4.78, 5) is 24.1. The molecule has 2 aromatic rings. The predicted octanol–water partition coefficient (Wildman–Crippen LogP) is 3.78. The molecule has 148 valence electrons. The highest BCUT2D eigenvalue weighted by molar-refractivity contribution is 5.95. The summed E-state index contributed by atoms with van der Waals surface area (Å²) in [6, 6.07) is 11.7. The van der Waals surface area contributed by atoms with Gasteiger partial charge in [0, 0.05) is 11.8 Å². The number of esters is 1. The van der Waals surface area contributed by atoms with E-state index in [1.165, 1.54) is 0 Å². The van der Waals surface area contributed by atoms with Crippen LogP contribution in [0.1, 0.15) is 36.5 Å². The Morgan fingerprint density at radius 1 is 1.04 bits per heavy atom. The van der Waals surface area contributed by atoms with Gasteiger partial charge in [-0.3, -0.25) is 4.79 Å². The molecule has 7 nitrogen and oxygen atoms in total. The number of hydrogen-bond donors (Lipinski definition) is 1. The van der Waals surface area contributed by atoms with Crippen LogP contribution in [0.15, 0.2) is 42.5 Å². The van der Waals surface area contributed by atoms with E-state index in [1.54, 1.807) is 42.5 Å². The molecular formula is C21H23NO6. The van der Waals surface area contributed by atoms with Gasteiger partial charge >= 0.3 is 5.97 Å². The third-order valence-electron chi connectivity index (χ3n) is 4.10. The van der Waals surface area contributed by atoms with E-state index < -0.39 is 11.9 Å². The van der Waals surface area contributed by atoms with Crippen molar-refractivity contribution >= 4 is 17.6 Å². The van der Waals surface area contributed by atoms with E-state index in [9.17, 15) is 9.59 Å². The van der Waals surface area contributed by atoms with Crippen LogP contribution in [0, 0.1) is 0 Å². The molecule has 2 aromatic carbocycles. The van der Waals surface area contributed by atoms with Crippen LogP contribution in [0.25, 0.3) is 0 Å². The monoisotopic (exact) mass is 385 g/mol. The van der Waals surface area contributed by atoms with E-state index in [-0.39, 0.29) is 13.4 Å². The fourth-order valence-electron chi connectivity index (χ4n) is 2.62. The molecule has 1 N–H and O–H groups in total. The van der Waals surface area contributed by atoms with Crippen LogP contribution in [-0.4, -0.2) is 31.9 Å². The van der Waals surface area contributed by atoms with Crippen molar-refractivity contribution < 1.29 is 28.5 Å². The molecule has 1 heterocycles. The number of nitrogens with one attached hydrogen (secondary N) is 1. The smallest absolute Gasteiger partial charge is 0.338 e. The van der Waals surface area contributed by atoms with Gasteiger partial charge in [0.2, 0.25) is 6.79 Å². The summed E-state index contributed by atoms with van der Waals surface area (Å²) in [6.07, 6.45) is 3.26. The van der Waals surface area contributed by atoms with E-state index in [0.717, 1.165) is 19.3 Å². The van der Waals surface area contributed by atoms with Crippen LogP contribution < -0.4 is 19.5 Å². The Bertz CT molecular complexity index is 818.